The lowest BCUT2D eigenvalue weighted by Crippen LogP contribution is -2.39. The zero-order valence-electron chi connectivity index (χ0n) is 8.26. The van der Waals surface area contributed by atoms with Gasteiger partial charge < -0.3 is 9.84 Å². The Balaban J connectivity index is 2.90. The number of rotatable bonds is 4. The quantitative estimate of drug-likeness (QED) is 0.490. The third-order valence-electron chi connectivity index (χ3n) is 1.78. The van der Waals surface area contributed by atoms with Crippen molar-refractivity contribution in [2.24, 2.45) is 0 Å². The molecule has 88 valence electrons. The number of nitro groups is 1. The van der Waals surface area contributed by atoms with Crippen LogP contribution in [0.15, 0.2) is 24.3 Å². The molecule has 0 saturated carbocycles. The van der Waals surface area contributed by atoms with Crippen molar-refractivity contribution in [2.45, 2.75) is 19.1 Å². The van der Waals surface area contributed by atoms with Crippen molar-refractivity contribution in [3.63, 3.8) is 0 Å². The van der Waals surface area contributed by atoms with Crippen molar-refractivity contribution in [1.29, 1.82) is 0 Å². The van der Waals surface area contributed by atoms with Gasteiger partial charge in [-0.2, -0.15) is 4.39 Å². The van der Waals surface area contributed by atoms with E-state index < -0.39 is 17.1 Å². The van der Waals surface area contributed by atoms with E-state index in [4.69, 9.17) is 5.11 Å². The second-order valence-corrected chi connectivity index (χ2v) is 3.08. The topological polar surface area (TPSA) is 72.6 Å². The Labute approximate surface area is 89.4 Å². The summed E-state index contributed by atoms with van der Waals surface area (Å²) in [6.07, 6.45) is -2.29. The summed E-state index contributed by atoms with van der Waals surface area (Å²) in [5, 5.41) is 19.2. The molecule has 5 nitrogen and oxygen atoms in total. The molecule has 1 N–H and O–H groups in total. The van der Waals surface area contributed by atoms with Crippen LogP contribution in [0.25, 0.3) is 0 Å². The standard InChI is InChI=1S/C9H9F2NO4/c1-6(10)9(11,13)16-8-4-2-3-7(5-8)12(14)15/h2-6,13H,1H3/t6?,9-/m1/s1. The van der Waals surface area contributed by atoms with Crippen LogP contribution >= 0.6 is 0 Å². The van der Waals surface area contributed by atoms with Crippen LogP contribution in [0.5, 0.6) is 5.75 Å². The van der Waals surface area contributed by atoms with Crippen molar-refractivity contribution in [2.75, 3.05) is 0 Å². The Morgan fingerprint density at radius 2 is 2.25 bits per heavy atom. The molecule has 0 aliphatic rings. The highest BCUT2D eigenvalue weighted by Crippen LogP contribution is 2.25. The number of halogens is 2. The van der Waals surface area contributed by atoms with Gasteiger partial charge in [-0.25, -0.2) is 4.39 Å². The molecule has 16 heavy (non-hydrogen) atoms. The summed E-state index contributed by atoms with van der Waals surface area (Å²) >= 11 is 0. The van der Waals surface area contributed by atoms with E-state index >= 15 is 0 Å². The fourth-order valence-electron chi connectivity index (χ4n) is 0.907. The van der Waals surface area contributed by atoms with Gasteiger partial charge in [0.25, 0.3) is 5.69 Å². The fourth-order valence-corrected chi connectivity index (χ4v) is 0.907. The Hall–Kier alpha value is -1.76. The number of nitrogens with zero attached hydrogens (tertiary/aromatic N) is 1. The Morgan fingerprint density at radius 3 is 2.75 bits per heavy atom. The monoisotopic (exact) mass is 233 g/mol. The van der Waals surface area contributed by atoms with Crippen molar-refractivity contribution in [3.8, 4) is 5.75 Å². The predicted molar refractivity (Wildman–Crippen MR) is 50.4 cm³/mol. The molecule has 0 radical (unpaired) electrons. The highest BCUT2D eigenvalue weighted by atomic mass is 19.2. The van der Waals surface area contributed by atoms with E-state index in [9.17, 15) is 18.9 Å². The molecular formula is C9H9F2NO4. The van der Waals surface area contributed by atoms with Gasteiger partial charge in [-0.1, -0.05) is 6.07 Å². The Kier molecular flexibility index (Phi) is 3.38. The third-order valence-corrected chi connectivity index (χ3v) is 1.78. The second-order valence-electron chi connectivity index (χ2n) is 3.08. The van der Waals surface area contributed by atoms with E-state index in [2.05, 4.69) is 4.74 Å². The number of hydrogen-bond acceptors (Lipinski definition) is 4. The molecular weight excluding hydrogens is 224 g/mol. The molecule has 1 aromatic rings. The molecule has 0 aromatic heterocycles. The normalized spacial score (nSPS) is 16.2. The molecule has 0 amide bonds. The van der Waals surface area contributed by atoms with E-state index in [-0.39, 0.29) is 11.4 Å². The molecule has 0 bridgehead atoms. The first-order valence-electron chi connectivity index (χ1n) is 4.32. The van der Waals surface area contributed by atoms with Gasteiger partial charge in [0.1, 0.15) is 5.75 Å². The largest absolute Gasteiger partial charge is 0.434 e. The summed E-state index contributed by atoms with van der Waals surface area (Å²) in [6, 6.07) is 0.928. The first-order chi connectivity index (χ1) is 7.33. The van der Waals surface area contributed by atoms with Crippen LogP contribution in [0.3, 0.4) is 0 Å². The molecule has 0 aliphatic carbocycles. The highest BCUT2D eigenvalue weighted by molar-refractivity contribution is 5.38. The van der Waals surface area contributed by atoms with E-state index in [1.807, 2.05) is 0 Å². The van der Waals surface area contributed by atoms with E-state index in [1.165, 1.54) is 12.1 Å². The minimum atomic E-state index is -3.50. The lowest BCUT2D eigenvalue weighted by molar-refractivity contribution is -0.385. The SMILES string of the molecule is CC(F)[C@](O)(F)Oc1cccc([N+](=O)[O-])c1. The molecule has 1 aromatic carbocycles. The van der Waals surface area contributed by atoms with Crippen LogP contribution in [-0.4, -0.2) is 22.2 Å². The molecule has 0 heterocycles. The first kappa shape index (κ1) is 12.3. The molecule has 1 unspecified atom stereocenters. The molecule has 2 atom stereocenters. The summed E-state index contributed by atoms with van der Waals surface area (Å²) in [4.78, 5) is 9.65. The average Bonchev–Trinajstić information content (AvgIpc) is 2.17. The molecule has 0 aliphatic heterocycles. The van der Waals surface area contributed by atoms with E-state index in [0.717, 1.165) is 19.1 Å². The van der Waals surface area contributed by atoms with Crippen molar-refractivity contribution in [1.82, 2.24) is 0 Å². The molecule has 0 fully saturated rings. The summed E-state index contributed by atoms with van der Waals surface area (Å²) in [5.41, 5.74) is -0.347. The Bertz CT molecular complexity index is 395. The van der Waals surface area contributed by atoms with Gasteiger partial charge >= 0.3 is 6.04 Å². The number of ether oxygens (including phenoxy) is 1. The summed E-state index contributed by atoms with van der Waals surface area (Å²) < 4.78 is 29.8. The number of benzene rings is 1. The predicted octanol–water partition coefficient (Wildman–Crippen LogP) is 1.95. The van der Waals surface area contributed by atoms with Crippen LogP contribution in [-0.2, 0) is 0 Å². The molecule has 1 rings (SSSR count). The Morgan fingerprint density at radius 1 is 1.62 bits per heavy atom. The van der Waals surface area contributed by atoms with Crippen LogP contribution in [0.2, 0.25) is 0 Å². The maximum Gasteiger partial charge on any atom is 0.392 e. The van der Waals surface area contributed by atoms with Crippen molar-refractivity contribution >= 4 is 5.69 Å². The van der Waals surface area contributed by atoms with Crippen molar-refractivity contribution < 1.29 is 23.5 Å². The zero-order chi connectivity index (χ0) is 12.3. The lowest BCUT2D eigenvalue weighted by atomic mass is 10.3. The minimum Gasteiger partial charge on any atom is -0.434 e. The molecule has 0 saturated heterocycles. The van der Waals surface area contributed by atoms with Gasteiger partial charge in [-0.05, 0) is 13.0 Å². The summed E-state index contributed by atoms with van der Waals surface area (Å²) in [6.45, 7) is 0.761. The van der Waals surface area contributed by atoms with Crippen LogP contribution in [0.4, 0.5) is 14.5 Å². The third kappa shape index (κ3) is 2.86. The fraction of sp³-hybridized carbons (Fsp3) is 0.333. The number of alkyl halides is 2. The maximum atomic E-state index is 13.0. The molecule has 0 spiro atoms. The number of aliphatic hydroxyl groups is 1. The van der Waals surface area contributed by atoms with Gasteiger partial charge in [0.15, 0.2) is 6.17 Å². The zero-order valence-corrected chi connectivity index (χ0v) is 8.26. The summed E-state index contributed by atoms with van der Waals surface area (Å²) in [5.74, 6) is -0.330. The van der Waals surface area contributed by atoms with Crippen LogP contribution < -0.4 is 4.74 Å². The van der Waals surface area contributed by atoms with E-state index in [0.29, 0.717) is 0 Å². The van der Waals surface area contributed by atoms with Gasteiger partial charge in [-0.15, -0.1) is 0 Å². The second kappa shape index (κ2) is 4.40. The van der Waals surface area contributed by atoms with Crippen LogP contribution in [0, 0.1) is 10.1 Å². The summed E-state index contributed by atoms with van der Waals surface area (Å²) in [7, 11) is 0. The van der Waals surface area contributed by atoms with Crippen LogP contribution in [0.1, 0.15) is 6.92 Å². The lowest BCUT2D eigenvalue weighted by Gasteiger charge is -2.20. The van der Waals surface area contributed by atoms with Gasteiger partial charge in [0, 0.05) is 6.07 Å². The first-order valence-corrected chi connectivity index (χ1v) is 4.32. The van der Waals surface area contributed by atoms with Crippen molar-refractivity contribution in [3.05, 3.63) is 34.4 Å². The number of hydrogen-bond donors (Lipinski definition) is 1. The van der Waals surface area contributed by atoms with Gasteiger partial charge in [0.2, 0.25) is 0 Å². The average molecular weight is 233 g/mol. The number of nitro benzene ring substituents is 1. The highest BCUT2D eigenvalue weighted by Gasteiger charge is 2.37. The number of non-ortho nitro benzene ring substituents is 1. The maximum absolute atomic E-state index is 13.0. The van der Waals surface area contributed by atoms with Gasteiger partial charge in [-0.3, -0.25) is 10.1 Å². The van der Waals surface area contributed by atoms with Gasteiger partial charge in [0.05, 0.1) is 11.0 Å². The molecule has 7 heteroatoms. The smallest absolute Gasteiger partial charge is 0.392 e. The van der Waals surface area contributed by atoms with E-state index in [1.54, 1.807) is 0 Å². The minimum absolute atomic E-state index is 0.330.